The molecule has 134 valence electrons. The summed E-state index contributed by atoms with van der Waals surface area (Å²) < 4.78 is 37.3. The van der Waals surface area contributed by atoms with Crippen LogP contribution in [0.1, 0.15) is 25.5 Å². The number of nitrogens with zero attached hydrogens (tertiary/aromatic N) is 2. The fourth-order valence-electron chi connectivity index (χ4n) is 2.42. The van der Waals surface area contributed by atoms with Crippen LogP contribution in [0.5, 0.6) is 0 Å². The number of aryl methyl sites for hydroxylation is 1. The van der Waals surface area contributed by atoms with E-state index in [1.807, 2.05) is 0 Å². The standard InChI is InChI=1S/C14H19F2N3O5/c1-3-23-11(20)14(15,16)13(22)4-6-19(7-5-13)12(21)17-10-8-9(2)24-18-10/h8,22H,3-7H2,1-2H3,(H,17,18,21). The number of alkyl halides is 2. The third kappa shape index (κ3) is 3.48. The molecule has 1 fully saturated rings. The van der Waals surface area contributed by atoms with Crippen molar-refractivity contribution in [2.45, 2.75) is 38.2 Å². The molecule has 0 aromatic carbocycles. The van der Waals surface area contributed by atoms with E-state index in [-0.39, 0.29) is 25.5 Å². The summed E-state index contributed by atoms with van der Waals surface area (Å²) in [5.74, 6) is -5.08. The van der Waals surface area contributed by atoms with E-state index in [2.05, 4.69) is 15.2 Å². The van der Waals surface area contributed by atoms with Gasteiger partial charge < -0.3 is 19.3 Å². The predicted octanol–water partition coefficient (Wildman–Crippen LogP) is 1.54. The van der Waals surface area contributed by atoms with E-state index in [1.54, 1.807) is 6.92 Å². The number of carbonyl (C=O) groups is 2. The van der Waals surface area contributed by atoms with Crippen LogP contribution in [0.2, 0.25) is 0 Å². The molecule has 1 saturated heterocycles. The fraction of sp³-hybridized carbons (Fsp3) is 0.643. The molecule has 2 amide bonds. The number of likely N-dealkylation sites (tertiary alicyclic amines) is 1. The number of urea groups is 1. The molecular weight excluding hydrogens is 328 g/mol. The van der Waals surface area contributed by atoms with Gasteiger partial charge in [0.15, 0.2) is 5.82 Å². The lowest BCUT2D eigenvalue weighted by molar-refractivity contribution is -0.221. The number of esters is 1. The topological polar surface area (TPSA) is 105 Å². The highest BCUT2D eigenvalue weighted by Gasteiger charge is 2.60. The lowest BCUT2D eigenvalue weighted by Gasteiger charge is -2.40. The number of hydrogen-bond acceptors (Lipinski definition) is 6. The Labute approximate surface area is 136 Å². The van der Waals surface area contributed by atoms with Crippen molar-refractivity contribution >= 4 is 17.8 Å². The first kappa shape index (κ1) is 18.1. The number of piperidine rings is 1. The first-order chi connectivity index (χ1) is 11.2. The molecule has 8 nitrogen and oxygen atoms in total. The molecule has 1 aromatic heterocycles. The molecule has 1 aliphatic rings. The predicted molar refractivity (Wildman–Crippen MR) is 77.6 cm³/mol. The number of halogens is 2. The summed E-state index contributed by atoms with van der Waals surface area (Å²) in [7, 11) is 0. The van der Waals surface area contributed by atoms with Gasteiger partial charge in [-0.15, -0.1) is 0 Å². The molecule has 0 aliphatic carbocycles. The summed E-state index contributed by atoms with van der Waals surface area (Å²) in [6, 6.07) is 0.956. The Balaban J connectivity index is 1.96. The summed E-state index contributed by atoms with van der Waals surface area (Å²) in [6.45, 7) is 2.55. The second-order valence-electron chi connectivity index (χ2n) is 5.57. The Kier molecular flexibility index (Phi) is 5.07. The molecule has 2 N–H and O–H groups in total. The van der Waals surface area contributed by atoms with Crippen LogP contribution in [0.4, 0.5) is 19.4 Å². The van der Waals surface area contributed by atoms with E-state index in [1.165, 1.54) is 17.9 Å². The van der Waals surface area contributed by atoms with Crippen molar-refractivity contribution in [3.63, 3.8) is 0 Å². The van der Waals surface area contributed by atoms with Crippen LogP contribution in [0.15, 0.2) is 10.6 Å². The Hall–Kier alpha value is -2.23. The monoisotopic (exact) mass is 347 g/mol. The van der Waals surface area contributed by atoms with Crippen LogP contribution in [-0.4, -0.2) is 58.4 Å². The van der Waals surface area contributed by atoms with Gasteiger partial charge >= 0.3 is 17.9 Å². The first-order valence-corrected chi connectivity index (χ1v) is 7.46. The highest BCUT2D eigenvalue weighted by Crippen LogP contribution is 2.38. The molecule has 24 heavy (non-hydrogen) atoms. The van der Waals surface area contributed by atoms with Crippen molar-refractivity contribution in [2.75, 3.05) is 25.0 Å². The van der Waals surface area contributed by atoms with Gasteiger partial charge in [0.25, 0.3) is 0 Å². The molecule has 2 heterocycles. The number of amides is 2. The Bertz CT molecular complexity index is 611. The maximum absolute atomic E-state index is 14.1. The maximum Gasteiger partial charge on any atom is 0.380 e. The number of nitrogens with one attached hydrogen (secondary N) is 1. The molecule has 1 aliphatic heterocycles. The van der Waals surface area contributed by atoms with Crippen LogP contribution < -0.4 is 5.32 Å². The fourth-order valence-corrected chi connectivity index (χ4v) is 2.42. The summed E-state index contributed by atoms with van der Waals surface area (Å²) >= 11 is 0. The minimum absolute atomic E-state index is 0.145. The van der Waals surface area contributed by atoms with Crippen LogP contribution in [0.3, 0.4) is 0 Å². The van der Waals surface area contributed by atoms with E-state index in [9.17, 15) is 23.5 Å². The molecule has 0 bridgehead atoms. The van der Waals surface area contributed by atoms with Gasteiger partial charge in [-0.1, -0.05) is 5.16 Å². The Morgan fingerprint density at radius 3 is 2.62 bits per heavy atom. The van der Waals surface area contributed by atoms with Gasteiger partial charge in [-0.3, -0.25) is 5.32 Å². The number of aromatic nitrogens is 1. The number of anilines is 1. The summed E-state index contributed by atoms with van der Waals surface area (Å²) in [6.07, 6.45) is -0.909. The normalized spacial score (nSPS) is 17.5. The molecular formula is C14H19F2N3O5. The molecule has 0 atom stereocenters. The van der Waals surface area contributed by atoms with Crippen LogP contribution in [0, 0.1) is 6.92 Å². The SMILES string of the molecule is CCOC(=O)C(F)(F)C1(O)CCN(C(=O)Nc2cc(C)on2)CC1. The first-order valence-electron chi connectivity index (χ1n) is 7.46. The summed E-state index contributed by atoms with van der Waals surface area (Å²) in [4.78, 5) is 24.7. The van der Waals surface area contributed by atoms with E-state index in [0.29, 0.717) is 5.76 Å². The Morgan fingerprint density at radius 1 is 1.50 bits per heavy atom. The van der Waals surface area contributed by atoms with E-state index in [4.69, 9.17) is 4.52 Å². The number of ether oxygens (including phenoxy) is 1. The zero-order valence-electron chi connectivity index (χ0n) is 13.3. The minimum atomic E-state index is -4.03. The van der Waals surface area contributed by atoms with Crippen molar-refractivity contribution in [2.24, 2.45) is 0 Å². The molecule has 1 aromatic rings. The second kappa shape index (κ2) is 6.71. The molecule has 0 unspecified atom stereocenters. The molecule has 10 heteroatoms. The van der Waals surface area contributed by atoms with Crippen molar-refractivity contribution in [3.8, 4) is 0 Å². The smallest absolute Gasteiger partial charge is 0.380 e. The third-order valence-corrected chi connectivity index (χ3v) is 3.86. The van der Waals surface area contributed by atoms with Gasteiger partial charge in [-0.05, 0) is 13.8 Å². The van der Waals surface area contributed by atoms with Gasteiger partial charge in [-0.2, -0.15) is 8.78 Å². The Morgan fingerprint density at radius 2 is 2.12 bits per heavy atom. The average Bonchev–Trinajstić information content (AvgIpc) is 2.93. The van der Waals surface area contributed by atoms with Gasteiger partial charge in [0, 0.05) is 32.0 Å². The van der Waals surface area contributed by atoms with Crippen molar-refractivity contribution in [1.29, 1.82) is 0 Å². The van der Waals surface area contributed by atoms with Gasteiger partial charge in [0.1, 0.15) is 11.4 Å². The lowest BCUT2D eigenvalue weighted by atomic mass is 9.85. The zero-order valence-corrected chi connectivity index (χ0v) is 13.3. The van der Waals surface area contributed by atoms with Crippen LogP contribution >= 0.6 is 0 Å². The van der Waals surface area contributed by atoms with E-state index >= 15 is 0 Å². The minimum Gasteiger partial charge on any atom is -0.461 e. The van der Waals surface area contributed by atoms with Crippen molar-refractivity contribution in [1.82, 2.24) is 10.1 Å². The number of carbonyl (C=O) groups excluding carboxylic acids is 2. The molecule has 0 spiro atoms. The average molecular weight is 347 g/mol. The van der Waals surface area contributed by atoms with Crippen molar-refractivity contribution in [3.05, 3.63) is 11.8 Å². The summed E-state index contributed by atoms with van der Waals surface area (Å²) in [5.41, 5.74) is -2.54. The largest absolute Gasteiger partial charge is 0.461 e. The quantitative estimate of drug-likeness (QED) is 0.801. The van der Waals surface area contributed by atoms with Gasteiger partial charge in [0.2, 0.25) is 0 Å². The number of aliphatic hydroxyl groups is 1. The highest BCUT2D eigenvalue weighted by molar-refractivity contribution is 5.88. The van der Waals surface area contributed by atoms with Crippen molar-refractivity contribution < 1.29 is 32.7 Å². The highest BCUT2D eigenvalue weighted by atomic mass is 19.3. The number of rotatable bonds is 4. The van der Waals surface area contributed by atoms with E-state index < -0.39 is 36.4 Å². The van der Waals surface area contributed by atoms with Crippen LogP contribution in [0.25, 0.3) is 0 Å². The summed E-state index contributed by atoms with van der Waals surface area (Å²) in [5, 5.41) is 16.2. The molecule has 2 rings (SSSR count). The number of hydrogen-bond donors (Lipinski definition) is 2. The second-order valence-corrected chi connectivity index (χ2v) is 5.57. The van der Waals surface area contributed by atoms with Gasteiger partial charge in [0.05, 0.1) is 6.61 Å². The molecule has 0 saturated carbocycles. The third-order valence-electron chi connectivity index (χ3n) is 3.86. The zero-order chi connectivity index (χ0) is 18.0. The van der Waals surface area contributed by atoms with E-state index in [0.717, 1.165) is 0 Å². The van der Waals surface area contributed by atoms with Crippen LogP contribution in [-0.2, 0) is 9.53 Å². The van der Waals surface area contributed by atoms with Gasteiger partial charge in [-0.25, -0.2) is 9.59 Å². The molecule has 0 radical (unpaired) electrons. The maximum atomic E-state index is 14.1. The lowest BCUT2D eigenvalue weighted by Crippen LogP contribution is -2.60.